The van der Waals surface area contributed by atoms with Crippen molar-refractivity contribution in [2.75, 3.05) is 38.3 Å². The Morgan fingerprint density at radius 3 is 2.59 bits per heavy atom. The van der Waals surface area contributed by atoms with Crippen LogP contribution in [0.2, 0.25) is 0 Å². The Balaban J connectivity index is 1.16. The predicted octanol–water partition coefficient (Wildman–Crippen LogP) is 3.08. The summed E-state index contributed by atoms with van der Waals surface area (Å²) in [5, 5.41) is 4.83. The standard InChI is InChI=1S/C23H22N4O4S/c28-21(17-6-7-19-20(12-17)31-15-30-19)25-23-24-18(14-32-23)22(29)27-10-8-26(9-11-27)13-16-4-2-1-3-5-16/h1-7,12,14H,8-11,13,15H2,(H,24,25,28). The SMILES string of the molecule is O=C(Nc1nc(C(=O)N2CCN(Cc3ccccc3)CC2)cs1)c1ccc2c(c1)OCO2. The van der Waals surface area contributed by atoms with Crippen LogP contribution in [0.15, 0.2) is 53.9 Å². The summed E-state index contributed by atoms with van der Waals surface area (Å²) in [6.07, 6.45) is 0. The molecule has 2 aliphatic heterocycles. The number of rotatable bonds is 5. The average molecular weight is 451 g/mol. The molecule has 0 spiro atoms. The number of anilines is 1. The van der Waals surface area contributed by atoms with Crippen molar-refractivity contribution in [1.29, 1.82) is 0 Å². The van der Waals surface area contributed by atoms with E-state index in [1.807, 2.05) is 23.1 Å². The topological polar surface area (TPSA) is 84.0 Å². The lowest BCUT2D eigenvalue weighted by Crippen LogP contribution is -2.48. The maximum absolute atomic E-state index is 12.9. The molecule has 0 bridgehead atoms. The van der Waals surface area contributed by atoms with Crippen LogP contribution in [0, 0.1) is 0 Å². The van der Waals surface area contributed by atoms with E-state index in [1.54, 1.807) is 23.6 Å². The zero-order valence-corrected chi connectivity index (χ0v) is 18.1. The number of thiazole rings is 1. The van der Waals surface area contributed by atoms with Crippen molar-refractivity contribution in [3.05, 3.63) is 70.7 Å². The predicted molar refractivity (Wildman–Crippen MR) is 120 cm³/mol. The van der Waals surface area contributed by atoms with Crippen LogP contribution in [0.4, 0.5) is 5.13 Å². The van der Waals surface area contributed by atoms with Crippen LogP contribution in [0.25, 0.3) is 0 Å². The third-order valence-electron chi connectivity index (χ3n) is 5.49. The highest BCUT2D eigenvalue weighted by atomic mass is 32.1. The average Bonchev–Trinajstić information content (AvgIpc) is 3.49. The number of hydrogen-bond donors (Lipinski definition) is 1. The summed E-state index contributed by atoms with van der Waals surface area (Å²) in [7, 11) is 0. The molecule has 0 radical (unpaired) electrons. The van der Waals surface area contributed by atoms with Crippen LogP contribution < -0.4 is 14.8 Å². The minimum atomic E-state index is -0.314. The van der Waals surface area contributed by atoms with E-state index in [-0.39, 0.29) is 18.6 Å². The largest absolute Gasteiger partial charge is 0.454 e. The molecular weight excluding hydrogens is 428 g/mol. The second-order valence-corrected chi connectivity index (χ2v) is 8.47. The second-order valence-electron chi connectivity index (χ2n) is 7.61. The first kappa shape index (κ1) is 20.5. The van der Waals surface area contributed by atoms with Gasteiger partial charge in [-0.3, -0.25) is 19.8 Å². The third kappa shape index (κ3) is 4.44. The van der Waals surface area contributed by atoms with Gasteiger partial charge < -0.3 is 14.4 Å². The fraction of sp³-hybridized carbons (Fsp3) is 0.261. The van der Waals surface area contributed by atoms with E-state index < -0.39 is 0 Å². The summed E-state index contributed by atoms with van der Waals surface area (Å²) in [4.78, 5) is 33.9. The van der Waals surface area contributed by atoms with E-state index in [4.69, 9.17) is 9.47 Å². The number of amides is 2. The molecule has 0 saturated carbocycles. The van der Waals surface area contributed by atoms with Gasteiger partial charge in [-0.2, -0.15) is 0 Å². The first-order valence-corrected chi connectivity index (χ1v) is 11.3. The van der Waals surface area contributed by atoms with Crippen LogP contribution >= 0.6 is 11.3 Å². The number of hydrogen-bond acceptors (Lipinski definition) is 7. The molecule has 5 rings (SSSR count). The van der Waals surface area contributed by atoms with Crippen LogP contribution in [0.1, 0.15) is 26.4 Å². The zero-order valence-electron chi connectivity index (χ0n) is 17.3. The van der Waals surface area contributed by atoms with Crippen LogP contribution in [-0.2, 0) is 6.54 Å². The molecule has 0 atom stereocenters. The first-order valence-electron chi connectivity index (χ1n) is 10.4. The number of piperazine rings is 1. The molecule has 9 heteroatoms. The Morgan fingerprint density at radius 1 is 1.00 bits per heavy atom. The maximum Gasteiger partial charge on any atom is 0.273 e. The fourth-order valence-corrected chi connectivity index (χ4v) is 4.43. The van der Waals surface area contributed by atoms with Gasteiger partial charge >= 0.3 is 0 Å². The number of benzene rings is 2. The van der Waals surface area contributed by atoms with Crippen LogP contribution in [0.5, 0.6) is 11.5 Å². The van der Waals surface area contributed by atoms with Crippen molar-refractivity contribution >= 4 is 28.3 Å². The van der Waals surface area contributed by atoms with Gasteiger partial charge in [0.2, 0.25) is 6.79 Å². The van der Waals surface area contributed by atoms with Gasteiger partial charge in [-0.25, -0.2) is 4.98 Å². The molecule has 2 amide bonds. The lowest BCUT2D eigenvalue weighted by atomic mass is 10.2. The molecule has 32 heavy (non-hydrogen) atoms. The normalized spacial score (nSPS) is 15.6. The Bertz CT molecular complexity index is 1130. The Kier molecular flexibility index (Phi) is 5.74. The molecule has 1 fully saturated rings. The molecule has 0 aliphatic carbocycles. The van der Waals surface area contributed by atoms with Gasteiger partial charge in [-0.15, -0.1) is 11.3 Å². The molecular formula is C23H22N4O4S. The molecule has 1 saturated heterocycles. The lowest BCUT2D eigenvalue weighted by Gasteiger charge is -2.34. The number of aromatic nitrogens is 1. The van der Waals surface area contributed by atoms with Gasteiger partial charge in [-0.1, -0.05) is 30.3 Å². The van der Waals surface area contributed by atoms with Gasteiger partial charge in [0, 0.05) is 43.7 Å². The molecule has 2 aromatic carbocycles. The van der Waals surface area contributed by atoms with Gasteiger partial charge in [-0.05, 0) is 23.8 Å². The van der Waals surface area contributed by atoms with Crippen molar-refractivity contribution in [2.24, 2.45) is 0 Å². The Morgan fingerprint density at radius 2 is 1.78 bits per heavy atom. The fourth-order valence-electron chi connectivity index (χ4n) is 3.75. The minimum Gasteiger partial charge on any atom is -0.454 e. The first-order chi connectivity index (χ1) is 15.7. The molecule has 164 valence electrons. The number of carbonyl (C=O) groups excluding carboxylic acids is 2. The number of nitrogens with one attached hydrogen (secondary N) is 1. The highest BCUT2D eigenvalue weighted by molar-refractivity contribution is 7.14. The molecule has 0 unspecified atom stereocenters. The Hall–Kier alpha value is -3.43. The minimum absolute atomic E-state index is 0.107. The zero-order chi connectivity index (χ0) is 21.9. The van der Waals surface area contributed by atoms with Crippen LogP contribution in [-0.4, -0.2) is 59.6 Å². The van der Waals surface area contributed by atoms with Crippen LogP contribution in [0.3, 0.4) is 0 Å². The van der Waals surface area contributed by atoms with Gasteiger partial charge in [0.25, 0.3) is 11.8 Å². The molecule has 1 aromatic heterocycles. The molecule has 2 aliphatic rings. The summed E-state index contributed by atoms with van der Waals surface area (Å²) in [5.74, 6) is 0.738. The summed E-state index contributed by atoms with van der Waals surface area (Å²) in [6.45, 7) is 3.98. The van der Waals surface area contributed by atoms with Crippen molar-refractivity contribution < 1.29 is 19.1 Å². The molecule has 3 aromatic rings. The van der Waals surface area contributed by atoms with Crippen molar-refractivity contribution in [3.8, 4) is 11.5 Å². The molecule has 3 heterocycles. The Labute approximate surface area is 189 Å². The smallest absolute Gasteiger partial charge is 0.273 e. The molecule has 1 N–H and O–H groups in total. The van der Waals surface area contributed by atoms with E-state index >= 15 is 0 Å². The van der Waals surface area contributed by atoms with Gasteiger partial charge in [0.05, 0.1) is 0 Å². The quantitative estimate of drug-likeness (QED) is 0.643. The summed E-state index contributed by atoms with van der Waals surface area (Å²) >= 11 is 1.24. The number of carbonyl (C=O) groups is 2. The van der Waals surface area contributed by atoms with E-state index in [1.165, 1.54) is 16.9 Å². The summed E-state index contributed by atoms with van der Waals surface area (Å²) in [5.41, 5.74) is 2.06. The van der Waals surface area contributed by atoms with E-state index in [9.17, 15) is 9.59 Å². The van der Waals surface area contributed by atoms with Gasteiger partial charge in [0.15, 0.2) is 16.6 Å². The van der Waals surface area contributed by atoms with Crippen molar-refractivity contribution in [1.82, 2.24) is 14.8 Å². The highest BCUT2D eigenvalue weighted by Gasteiger charge is 2.24. The van der Waals surface area contributed by atoms with Crippen molar-refractivity contribution in [3.63, 3.8) is 0 Å². The van der Waals surface area contributed by atoms with Gasteiger partial charge in [0.1, 0.15) is 5.69 Å². The lowest BCUT2D eigenvalue weighted by molar-refractivity contribution is 0.0623. The second kappa shape index (κ2) is 8.97. The number of fused-ring (bicyclic) bond motifs is 1. The highest BCUT2D eigenvalue weighted by Crippen LogP contribution is 2.32. The maximum atomic E-state index is 12.9. The van der Waals surface area contributed by atoms with E-state index in [0.29, 0.717) is 41.0 Å². The van der Waals surface area contributed by atoms with E-state index in [0.717, 1.165) is 19.6 Å². The number of nitrogens with zero attached hydrogens (tertiary/aromatic N) is 3. The third-order valence-corrected chi connectivity index (χ3v) is 6.24. The molecule has 8 nitrogen and oxygen atoms in total. The summed E-state index contributed by atoms with van der Waals surface area (Å²) < 4.78 is 10.6. The monoisotopic (exact) mass is 450 g/mol. The number of ether oxygens (including phenoxy) is 2. The van der Waals surface area contributed by atoms with Crippen molar-refractivity contribution in [2.45, 2.75) is 6.54 Å². The summed E-state index contributed by atoms with van der Waals surface area (Å²) in [6, 6.07) is 15.3. The van der Waals surface area contributed by atoms with E-state index in [2.05, 4.69) is 27.3 Å².